The molecule has 5 heteroatoms. The number of hydrogen-bond acceptors (Lipinski definition) is 3. The van der Waals surface area contributed by atoms with Gasteiger partial charge in [-0.05, 0) is 42.9 Å². The van der Waals surface area contributed by atoms with E-state index in [1.807, 2.05) is 24.4 Å². The fourth-order valence-corrected chi connectivity index (χ4v) is 2.86. The van der Waals surface area contributed by atoms with Crippen LogP contribution in [-0.2, 0) is 12.8 Å². The topological polar surface area (TPSA) is 74.2 Å². The molecule has 20 heavy (non-hydrogen) atoms. The van der Waals surface area contributed by atoms with Gasteiger partial charge < -0.3 is 10.4 Å². The Morgan fingerprint density at radius 2 is 2.20 bits per heavy atom. The Hall–Kier alpha value is -1.88. The summed E-state index contributed by atoms with van der Waals surface area (Å²) in [5.41, 5.74) is 2.58. The van der Waals surface area contributed by atoms with Crippen LogP contribution in [0.5, 0.6) is 0 Å². The predicted octanol–water partition coefficient (Wildman–Crippen LogP) is 1.63. The number of hydrogen-bond donors (Lipinski definition) is 3. The second-order valence-electron chi connectivity index (χ2n) is 5.46. The molecular formula is C15H19N3O2. The molecule has 106 valence electrons. The quantitative estimate of drug-likeness (QED) is 0.733. The summed E-state index contributed by atoms with van der Waals surface area (Å²) in [6, 6.07) is 1.70. The molecule has 0 aliphatic heterocycles. The number of pyridine rings is 1. The molecule has 3 N–H and O–H groups in total. The second-order valence-corrected chi connectivity index (χ2v) is 5.46. The summed E-state index contributed by atoms with van der Waals surface area (Å²) in [4.78, 5) is 16.2. The predicted molar refractivity (Wildman–Crippen MR) is 76.5 cm³/mol. The zero-order valence-electron chi connectivity index (χ0n) is 11.3. The molecule has 1 aromatic heterocycles. The van der Waals surface area contributed by atoms with Gasteiger partial charge in [-0.3, -0.25) is 5.32 Å². The van der Waals surface area contributed by atoms with Crippen LogP contribution in [0.15, 0.2) is 24.4 Å². The molecule has 2 aliphatic carbocycles. The Morgan fingerprint density at radius 3 is 3.00 bits per heavy atom. The van der Waals surface area contributed by atoms with Crippen LogP contribution < -0.4 is 10.6 Å². The van der Waals surface area contributed by atoms with Crippen molar-refractivity contribution in [1.29, 1.82) is 0 Å². The van der Waals surface area contributed by atoms with Gasteiger partial charge in [0.2, 0.25) is 0 Å². The summed E-state index contributed by atoms with van der Waals surface area (Å²) in [7, 11) is 0. The monoisotopic (exact) mass is 273 g/mol. The molecule has 0 radical (unpaired) electrons. The maximum Gasteiger partial charge on any atom is 0.320 e. The number of aromatic nitrogens is 1. The van der Waals surface area contributed by atoms with E-state index in [9.17, 15) is 4.79 Å². The van der Waals surface area contributed by atoms with Crippen LogP contribution in [0.25, 0.3) is 0 Å². The molecule has 0 saturated carbocycles. The molecule has 0 spiro atoms. The summed E-state index contributed by atoms with van der Waals surface area (Å²) in [6.45, 7) is 0.128. The molecule has 0 bridgehead atoms. The molecule has 2 atom stereocenters. The summed E-state index contributed by atoms with van der Waals surface area (Å²) >= 11 is 0. The molecule has 1 heterocycles. The summed E-state index contributed by atoms with van der Waals surface area (Å²) in [6.07, 6.45) is 9.80. The highest BCUT2D eigenvalue weighted by Gasteiger charge is 2.20. The standard InChI is InChI=1S/C15H19N3O2/c19-9-10-4-5-13(6-10)17-15(20)18-14-7-11-2-1-3-12(11)8-16-14/h4-5,7-8,10,13,19H,1-3,6,9H2,(H2,16,17,18,20)/t10-,13+/m0/s1. The second kappa shape index (κ2) is 5.63. The zero-order valence-corrected chi connectivity index (χ0v) is 11.3. The Balaban J connectivity index is 1.55. The van der Waals surface area contributed by atoms with Crippen molar-refractivity contribution in [3.63, 3.8) is 0 Å². The van der Waals surface area contributed by atoms with Crippen molar-refractivity contribution in [1.82, 2.24) is 10.3 Å². The lowest BCUT2D eigenvalue weighted by atomic mass is 10.1. The van der Waals surface area contributed by atoms with E-state index in [0.29, 0.717) is 5.82 Å². The van der Waals surface area contributed by atoms with Crippen LogP contribution in [0.4, 0.5) is 10.6 Å². The Bertz CT molecular complexity index is 542. The minimum absolute atomic E-state index is 0.0124. The number of fused-ring (bicyclic) bond motifs is 1. The van der Waals surface area contributed by atoms with Gasteiger partial charge >= 0.3 is 6.03 Å². The minimum atomic E-state index is -0.247. The number of carbonyl (C=O) groups excluding carboxylic acids is 1. The normalized spacial score (nSPS) is 23.6. The first-order valence-electron chi connectivity index (χ1n) is 7.09. The molecular weight excluding hydrogens is 254 g/mol. The van der Waals surface area contributed by atoms with E-state index in [1.54, 1.807) is 0 Å². The Kier molecular flexibility index (Phi) is 3.69. The number of aliphatic hydroxyl groups is 1. The summed E-state index contributed by atoms with van der Waals surface area (Å²) < 4.78 is 0. The maximum atomic E-state index is 11.9. The van der Waals surface area contributed by atoms with Crippen LogP contribution in [0.2, 0.25) is 0 Å². The van der Waals surface area contributed by atoms with Gasteiger partial charge in [-0.2, -0.15) is 0 Å². The molecule has 2 aliphatic rings. The van der Waals surface area contributed by atoms with Crippen LogP contribution >= 0.6 is 0 Å². The zero-order chi connectivity index (χ0) is 13.9. The smallest absolute Gasteiger partial charge is 0.320 e. The average Bonchev–Trinajstić information content (AvgIpc) is 3.06. The van der Waals surface area contributed by atoms with E-state index in [0.717, 1.165) is 19.3 Å². The van der Waals surface area contributed by atoms with Crippen molar-refractivity contribution in [2.24, 2.45) is 5.92 Å². The Morgan fingerprint density at radius 1 is 1.35 bits per heavy atom. The van der Waals surface area contributed by atoms with Gasteiger partial charge in [0.1, 0.15) is 5.82 Å². The Labute approximate surface area is 118 Å². The van der Waals surface area contributed by atoms with Crippen molar-refractivity contribution in [3.8, 4) is 0 Å². The molecule has 3 rings (SSSR count). The number of aliphatic hydroxyl groups excluding tert-OH is 1. The van der Waals surface area contributed by atoms with Gasteiger partial charge in [0.05, 0.1) is 0 Å². The lowest BCUT2D eigenvalue weighted by Gasteiger charge is -2.13. The number of urea groups is 1. The van der Waals surface area contributed by atoms with E-state index in [2.05, 4.69) is 15.6 Å². The molecule has 0 aromatic carbocycles. The SMILES string of the molecule is O=C(Nc1cc2c(cn1)CCC2)N[C@@H]1C=C[C@H](CO)C1. The average molecular weight is 273 g/mol. The van der Waals surface area contributed by atoms with Crippen molar-refractivity contribution < 1.29 is 9.90 Å². The van der Waals surface area contributed by atoms with Crippen LogP contribution in [-0.4, -0.2) is 28.8 Å². The van der Waals surface area contributed by atoms with E-state index < -0.39 is 0 Å². The van der Waals surface area contributed by atoms with Crippen molar-refractivity contribution in [2.45, 2.75) is 31.7 Å². The molecule has 0 unspecified atom stereocenters. The summed E-state index contributed by atoms with van der Waals surface area (Å²) in [5.74, 6) is 0.752. The van der Waals surface area contributed by atoms with Gasteiger partial charge in [0.15, 0.2) is 0 Å². The van der Waals surface area contributed by atoms with Crippen LogP contribution in [0, 0.1) is 5.92 Å². The highest BCUT2D eigenvalue weighted by atomic mass is 16.3. The third kappa shape index (κ3) is 2.82. The fraction of sp³-hybridized carbons (Fsp3) is 0.467. The molecule has 1 aromatic rings. The molecule has 5 nitrogen and oxygen atoms in total. The molecule has 0 saturated heterocycles. The van der Waals surface area contributed by atoms with Crippen molar-refractivity contribution in [3.05, 3.63) is 35.5 Å². The fourth-order valence-electron chi connectivity index (χ4n) is 2.86. The lowest BCUT2D eigenvalue weighted by Crippen LogP contribution is -2.36. The number of nitrogens with zero attached hydrogens (tertiary/aromatic N) is 1. The molecule has 0 fully saturated rings. The number of anilines is 1. The van der Waals surface area contributed by atoms with Crippen LogP contribution in [0.1, 0.15) is 24.0 Å². The van der Waals surface area contributed by atoms with E-state index in [4.69, 9.17) is 5.11 Å². The largest absolute Gasteiger partial charge is 0.396 e. The van der Waals surface area contributed by atoms with Crippen LogP contribution in [0.3, 0.4) is 0 Å². The molecule has 2 amide bonds. The lowest BCUT2D eigenvalue weighted by molar-refractivity contribution is 0.238. The van der Waals surface area contributed by atoms with Gasteiger partial charge in [-0.1, -0.05) is 12.2 Å². The van der Waals surface area contributed by atoms with E-state index in [1.165, 1.54) is 17.5 Å². The number of rotatable bonds is 3. The van der Waals surface area contributed by atoms with Gasteiger partial charge in [0.25, 0.3) is 0 Å². The maximum absolute atomic E-state index is 11.9. The first-order valence-corrected chi connectivity index (χ1v) is 7.09. The third-order valence-corrected chi connectivity index (χ3v) is 3.94. The summed E-state index contributed by atoms with van der Waals surface area (Å²) in [5, 5.41) is 14.7. The minimum Gasteiger partial charge on any atom is -0.396 e. The van der Waals surface area contributed by atoms with Gasteiger partial charge in [-0.15, -0.1) is 0 Å². The van der Waals surface area contributed by atoms with E-state index >= 15 is 0 Å². The van der Waals surface area contributed by atoms with Gasteiger partial charge in [0, 0.05) is 24.8 Å². The highest BCUT2D eigenvalue weighted by molar-refractivity contribution is 5.88. The van der Waals surface area contributed by atoms with Crippen molar-refractivity contribution >= 4 is 11.8 Å². The number of amides is 2. The van der Waals surface area contributed by atoms with E-state index in [-0.39, 0.29) is 24.6 Å². The first kappa shape index (κ1) is 13.1. The number of aryl methyl sites for hydroxylation is 2. The number of carbonyl (C=O) groups is 1. The number of nitrogens with one attached hydrogen (secondary N) is 2. The third-order valence-electron chi connectivity index (χ3n) is 3.94. The highest BCUT2D eigenvalue weighted by Crippen LogP contribution is 2.23. The van der Waals surface area contributed by atoms with Gasteiger partial charge in [-0.25, -0.2) is 9.78 Å². The first-order chi connectivity index (χ1) is 9.74. The van der Waals surface area contributed by atoms with Crippen molar-refractivity contribution in [2.75, 3.05) is 11.9 Å².